The average molecular weight is 272 g/mol. The quantitative estimate of drug-likeness (QED) is 0.628. The normalized spacial score (nSPS) is 8.70. The highest BCUT2D eigenvalue weighted by Crippen LogP contribution is 2.25. The van der Waals surface area contributed by atoms with Gasteiger partial charge in [0.05, 0.1) is 0 Å². The second-order valence-corrected chi connectivity index (χ2v) is 3.87. The van der Waals surface area contributed by atoms with Crippen molar-refractivity contribution in [3.63, 3.8) is 0 Å². The summed E-state index contributed by atoms with van der Waals surface area (Å²) in [5.41, 5.74) is 2.45. The molecule has 0 saturated carbocycles. The Kier molecular flexibility index (Phi) is 10.1. The third kappa shape index (κ3) is 5.92. The number of aryl methyl sites for hydroxylation is 2. The Morgan fingerprint density at radius 3 is 2.10 bits per heavy atom. The molecule has 2 aromatic carbocycles. The molecule has 0 unspecified atom stereocenters. The fourth-order valence-corrected chi connectivity index (χ4v) is 1.63. The van der Waals surface area contributed by atoms with E-state index >= 15 is 0 Å². The van der Waals surface area contributed by atoms with E-state index in [4.69, 9.17) is 4.74 Å². The van der Waals surface area contributed by atoms with Crippen LogP contribution in [-0.2, 0) is 6.42 Å². The summed E-state index contributed by atoms with van der Waals surface area (Å²) in [6, 6.07) is 16.3. The van der Waals surface area contributed by atoms with E-state index in [-0.39, 0.29) is 0 Å². The van der Waals surface area contributed by atoms with Crippen LogP contribution in [0.5, 0.6) is 11.5 Å². The number of hydrogen-bond donors (Lipinski definition) is 0. The minimum Gasteiger partial charge on any atom is -0.457 e. The van der Waals surface area contributed by atoms with Crippen LogP contribution in [0.25, 0.3) is 0 Å². The van der Waals surface area contributed by atoms with Crippen molar-refractivity contribution in [2.45, 2.75) is 48.0 Å². The standard InChI is InChI=1S/C15H16O.2C2H6/c1-3-13-8-6-9-14(11-13)16-15-10-5-4-7-12(15)2;2*1-2/h4-11H,3H2,1-2H3;2*1-2H3. The molecule has 110 valence electrons. The van der Waals surface area contributed by atoms with Gasteiger partial charge < -0.3 is 4.74 Å². The third-order valence-corrected chi connectivity index (χ3v) is 2.63. The predicted octanol–water partition coefficient (Wildman–Crippen LogP) is 6.40. The van der Waals surface area contributed by atoms with Gasteiger partial charge >= 0.3 is 0 Å². The molecular weight excluding hydrogens is 244 g/mol. The molecule has 0 spiro atoms. The highest BCUT2D eigenvalue weighted by atomic mass is 16.5. The summed E-state index contributed by atoms with van der Waals surface area (Å²) in [5, 5.41) is 0. The Hall–Kier alpha value is -1.76. The molecule has 0 N–H and O–H groups in total. The van der Waals surface area contributed by atoms with Gasteiger partial charge in [0.2, 0.25) is 0 Å². The van der Waals surface area contributed by atoms with E-state index in [1.807, 2.05) is 58.0 Å². The molecule has 1 heteroatoms. The lowest BCUT2D eigenvalue weighted by Gasteiger charge is -2.09. The number of hydrogen-bond acceptors (Lipinski definition) is 1. The van der Waals surface area contributed by atoms with Gasteiger partial charge in [-0.15, -0.1) is 0 Å². The Bertz CT molecular complexity index is 475. The summed E-state index contributed by atoms with van der Waals surface area (Å²) in [6.07, 6.45) is 1.03. The molecule has 0 fully saturated rings. The van der Waals surface area contributed by atoms with Crippen molar-refractivity contribution < 1.29 is 4.74 Å². The Morgan fingerprint density at radius 2 is 1.50 bits per heavy atom. The highest BCUT2D eigenvalue weighted by Gasteiger charge is 2.00. The van der Waals surface area contributed by atoms with Gasteiger partial charge in [-0.2, -0.15) is 0 Å². The lowest BCUT2D eigenvalue weighted by Crippen LogP contribution is -1.88. The molecule has 0 bridgehead atoms. The second-order valence-electron chi connectivity index (χ2n) is 3.87. The van der Waals surface area contributed by atoms with Crippen LogP contribution in [0.1, 0.15) is 45.7 Å². The zero-order valence-corrected chi connectivity index (χ0v) is 13.7. The summed E-state index contributed by atoms with van der Waals surface area (Å²) in [7, 11) is 0. The van der Waals surface area contributed by atoms with E-state index in [2.05, 4.69) is 32.0 Å². The Labute approximate surface area is 124 Å². The summed E-state index contributed by atoms with van der Waals surface area (Å²) < 4.78 is 5.85. The first-order chi connectivity index (χ1) is 9.79. The average Bonchev–Trinajstić information content (AvgIpc) is 2.54. The first-order valence-corrected chi connectivity index (χ1v) is 7.62. The van der Waals surface area contributed by atoms with Crippen molar-refractivity contribution >= 4 is 0 Å². The molecule has 0 aromatic heterocycles. The first-order valence-electron chi connectivity index (χ1n) is 7.62. The SMILES string of the molecule is CC.CC.CCc1cccc(Oc2ccccc2C)c1. The number of benzene rings is 2. The van der Waals surface area contributed by atoms with Crippen LogP contribution in [0.3, 0.4) is 0 Å². The van der Waals surface area contributed by atoms with Gasteiger partial charge in [-0.1, -0.05) is 65.0 Å². The number of para-hydroxylation sites is 1. The van der Waals surface area contributed by atoms with Crippen LogP contribution in [0.2, 0.25) is 0 Å². The molecule has 0 aliphatic rings. The molecule has 2 rings (SSSR count). The first kappa shape index (κ1) is 18.2. The van der Waals surface area contributed by atoms with Crippen molar-refractivity contribution in [2.24, 2.45) is 0 Å². The molecule has 0 radical (unpaired) electrons. The third-order valence-electron chi connectivity index (χ3n) is 2.63. The number of ether oxygens (including phenoxy) is 1. The van der Waals surface area contributed by atoms with Crippen LogP contribution in [0.15, 0.2) is 48.5 Å². The lowest BCUT2D eigenvalue weighted by molar-refractivity contribution is 0.478. The molecule has 2 aromatic rings. The van der Waals surface area contributed by atoms with Crippen LogP contribution < -0.4 is 4.74 Å². The molecule has 0 amide bonds. The molecule has 0 aliphatic carbocycles. The maximum absolute atomic E-state index is 5.85. The zero-order chi connectivity index (χ0) is 15.4. The topological polar surface area (TPSA) is 9.23 Å². The van der Waals surface area contributed by atoms with Crippen molar-refractivity contribution in [3.05, 3.63) is 59.7 Å². The zero-order valence-electron chi connectivity index (χ0n) is 13.7. The molecule has 0 saturated heterocycles. The van der Waals surface area contributed by atoms with Gasteiger partial charge in [0, 0.05) is 0 Å². The maximum atomic E-state index is 5.85. The largest absolute Gasteiger partial charge is 0.457 e. The molecule has 0 atom stereocenters. The molecule has 0 heterocycles. The number of rotatable bonds is 3. The molecule has 20 heavy (non-hydrogen) atoms. The fraction of sp³-hybridized carbons (Fsp3) is 0.368. The van der Waals surface area contributed by atoms with Gasteiger partial charge in [0.25, 0.3) is 0 Å². The molecule has 0 aliphatic heterocycles. The summed E-state index contributed by atoms with van der Waals surface area (Å²) in [5.74, 6) is 1.84. The van der Waals surface area contributed by atoms with Crippen molar-refractivity contribution in [1.82, 2.24) is 0 Å². The van der Waals surface area contributed by atoms with Gasteiger partial charge in [0.1, 0.15) is 11.5 Å². The van der Waals surface area contributed by atoms with Crippen LogP contribution in [0, 0.1) is 6.92 Å². The minimum atomic E-state index is 0.911. The summed E-state index contributed by atoms with van der Waals surface area (Å²) in [6.45, 7) is 12.2. The van der Waals surface area contributed by atoms with Crippen LogP contribution in [-0.4, -0.2) is 0 Å². The van der Waals surface area contributed by atoms with E-state index in [0.29, 0.717) is 0 Å². The van der Waals surface area contributed by atoms with Crippen molar-refractivity contribution in [2.75, 3.05) is 0 Å². The predicted molar refractivity (Wildman–Crippen MR) is 89.8 cm³/mol. The fourth-order valence-electron chi connectivity index (χ4n) is 1.63. The molecule has 1 nitrogen and oxygen atoms in total. The van der Waals surface area contributed by atoms with Crippen molar-refractivity contribution in [1.29, 1.82) is 0 Å². The van der Waals surface area contributed by atoms with Gasteiger partial charge in [-0.3, -0.25) is 0 Å². The van der Waals surface area contributed by atoms with E-state index in [1.165, 1.54) is 5.56 Å². The Morgan fingerprint density at radius 1 is 0.850 bits per heavy atom. The summed E-state index contributed by atoms with van der Waals surface area (Å²) in [4.78, 5) is 0. The van der Waals surface area contributed by atoms with Crippen LogP contribution in [0.4, 0.5) is 0 Å². The minimum absolute atomic E-state index is 0.911. The smallest absolute Gasteiger partial charge is 0.130 e. The van der Waals surface area contributed by atoms with Gasteiger partial charge in [0.15, 0.2) is 0 Å². The van der Waals surface area contributed by atoms with E-state index in [1.54, 1.807) is 0 Å². The van der Waals surface area contributed by atoms with Gasteiger partial charge in [-0.25, -0.2) is 0 Å². The van der Waals surface area contributed by atoms with Crippen molar-refractivity contribution in [3.8, 4) is 11.5 Å². The lowest BCUT2D eigenvalue weighted by atomic mass is 10.1. The second kappa shape index (κ2) is 11.1. The molecular formula is C19H28O. The highest BCUT2D eigenvalue weighted by molar-refractivity contribution is 5.38. The van der Waals surface area contributed by atoms with Crippen LogP contribution >= 0.6 is 0 Å². The Balaban J connectivity index is 0.000000829. The van der Waals surface area contributed by atoms with E-state index < -0.39 is 0 Å². The maximum Gasteiger partial charge on any atom is 0.130 e. The monoisotopic (exact) mass is 272 g/mol. The van der Waals surface area contributed by atoms with E-state index in [0.717, 1.165) is 23.5 Å². The van der Waals surface area contributed by atoms with Gasteiger partial charge in [-0.05, 0) is 42.7 Å². The summed E-state index contributed by atoms with van der Waals surface area (Å²) >= 11 is 0. The van der Waals surface area contributed by atoms with E-state index in [9.17, 15) is 0 Å².